The molecule has 1 aromatic carbocycles. The predicted molar refractivity (Wildman–Crippen MR) is 81.4 cm³/mol. The first kappa shape index (κ1) is 14.6. The summed E-state index contributed by atoms with van der Waals surface area (Å²) in [6.45, 7) is 2.08. The smallest absolute Gasteiger partial charge is 0.220 e. The number of nitrogens with one attached hydrogen (secondary N) is 1. The monoisotopic (exact) mass is 300 g/mol. The first-order chi connectivity index (χ1) is 10.8. The number of aromatic nitrogens is 3. The van der Waals surface area contributed by atoms with Gasteiger partial charge < -0.3 is 10.1 Å². The van der Waals surface area contributed by atoms with Crippen LogP contribution in [0, 0.1) is 0 Å². The molecule has 0 radical (unpaired) electrons. The van der Waals surface area contributed by atoms with Crippen molar-refractivity contribution in [2.45, 2.75) is 38.8 Å². The van der Waals surface area contributed by atoms with E-state index in [2.05, 4.69) is 21.5 Å². The highest BCUT2D eigenvalue weighted by Crippen LogP contribution is 2.25. The fourth-order valence-corrected chi connectivity index (χ4v) is 2.56. The normalized spacial score (nSPS) is 13.3. The molecule has 0 spiro atoms. The van der Waals surface area contributed by atoms with Gasteiger partial charge in [-0.05, 0) is 36.5 Å². The van der Waals surface area contributed by atoms with Crippen molar-refractivity contribution in [1.82, 2.24) is 20.1 Å². The van der Waals surface area contributed by atoms with Gasteiger partial charge in [0.1, 0.15) is 18.4 Å². The summed E-state index contributed by atoms with van der Waals surface area (Å²) in [5.74, 6) is 1.04. The zero-order valence-electron chi connectivity index (χ0n) is 12.5. The Balaban J connectivity index is 1.42. The molecule has 2 aromatic rings. The Hall–Kier alpha value is -2.37. The maximum absolute atomic E-state index is 11.9. The Kier molecular flexibility index (Phi) is 4.68. The Morgan fingerprint density at radius 1 is 1.41 bits per heavy atom. The molecule has 0 bridgehead atoms. The van der Waals surface area contributed by atoms with Crippen molar-refractivity contribution in [3.05, 3.63) is 42.0 Å². The van der Waals surface area contributed by atoms with Crippen LogP contribution in [0.4, 0.5) is 0 Å². The average Bonchev–Trinajstić information content (AvgIpc) is 3.06. The van der Waals surface area contributed by atoms with Gasteiger partial charge in [-0.25, -0.2) is 4.98 Å². The summed E-state index contributed by atoms with van der Waals surface area (Å²) in [7, 11) is 0. The summed E-state index contributed by atoms with van der Waals surface area (Å²) in [5, 5.41) is 6.97. The van der Waals surface area contributed by atoms with Gasteiger partial charge in [-0.2, -0.15) is 5.10 Å². The lowest BCUT2D eigenvalue weighted by Gasteiger charge is -2.18. The minimum atomic E-state index is 0.0640. The number of benzene rings is 1. The fraction of sp³-hybridized carbons (Fsp3) is 0.438. The van der Waals surface area contributed by atoms with Crippen molar-refractivity contribution in [1.29, 1.82) is 0 Å². The van der Waals surface area contributed by atoms with Crippen molar-refractivity contribution in [2.24, 2.45) is 0 Å². The second-order valence-electron chi connectivity index (χ2n) is 5.43. The molecule has 1 N–H and O–H groups in total. The summed E-state index contributed by atoms with van der Waals surface area (Å²) in [4.78, 5) is 15.7. The molecule has 6 nitrogen and oxygen atoms in total. The molecule has 1 amide bonds. The highest BCUT2D eigenvalue weighted by Gasteiger charge is 2.10. The van der Waals surface area contributed by atoms with E-state index in [1.807, 2.05) is 12.1 Å². The number of nitrogens with zero attached hydrogens (tertiary/aromatic N) is 3. The van der Waals surface area contributed by atoms with Crippen LogP contribution < -0.4 is 10.1 Å². The SMILES string of the molecule is O=C(CCCn1cncn1)NCc1ccc2c(c1)CCCO2. The maximum Gasteiger partial charge on any atom is 0.220 e. The second-order valence-corrected chi connectivity index (χ2v) is 5.43. The van der Waals surface area contributed by atoms with E-state index in [1.165, 1.54) is 11.9 Å². The molecule has 0 fully saturated rings. The molecule has 1 aliphatic heterocycles. The van der Waals surface area contributed by atoms with E-state index in [4.69, 9.17) is 4.74 Å². The van der Waals surface area contributed by atoms with Crippen LogP contribution in [0.3, 0.4) is 0 Å². The average molecular weight is 300 g/mol. The van der Waals surface area contributed by atoms with Gasteiger partial charge in [0.05, 0.1) is 6.61 Å². The lowest BCUT2D eigenvalue weighted by Crippen LogP contribution is -2.23. The standard InChI is InChI=1S/C16H20N4O2/c21-16(4-1-7-20-12-17-11-19-20)18-10-13-5-6-15-14(9-13)3-2-8-22-15/h5-6,9,11-12H,1-4,7-8,10H2,(H,18,21). The van der Waals surface area contributed by atoms with Crippen LogP contribution in [0.1, 0.15) is 30.4 Å². The topological polar surface area (TPSA) is 69.0 Å². The van der Waals surface area contributed by atoms with Gasteiger partial charge in [0.25, 0.3) is 0 Å². The summed E-state index contributed by atoms with van der Waals surface area (Å²) < 4.78 is 7.32. The number of hydrogen-bond acceptors (Lipinski definition) is 4. The minimum absolute atomic E-state index is 0.0640. The zero-order valence-corrected chi connectivity index (χ0v) is 12.5. The Morgan fingerprint density at radius 2 is 2.36 bits per heavy atom. The van der Waals surface area contributed by atoms with Crippen molar-refractivity contribution in [3.63, 3.8) is 0 Å². The van der Waals surface area contributed by atoms with Crippen molar-refractivity contribution < 1.29 is 9.53 Å². The zero-order chi connectivity index (χ0) is 15.2. The van der Waals surface area contributed by atoms with Crippen LogP contribution in [0.2, 0.25) is 0 Å². The minimum Gasteiger partial charge on any atom is -0.493 e. The lowest BCUT2D eigenvalue weighted by molar-refractivity contribution is -0.121. The van der Waals surface area contributed by atoms with E-state index in [0.717, 1.165) is 37.2 Å². The number of carbonyl (C=O) groups excluding carboxylic acids is 1. The molecular weight excluding hydrogens is 280 g/mol. The van der Waals surface area contributed by atoms with Crippen molar-refractivity contribution in [3.8, 4) is 5.75 Å². The van der Waals surface area contributed by atoms with Crippen molar-refractivity contribution in [2.75, 3.05) is 6.61 Å². The third kappa shape index (κ3) is 3.84. The number of ether oxygens (including phenoxy) is 1. The van der Waals surface area contributed by atoms with E-state index >= 15 is 0 Å². The second kappa shape index (κ2) is 7.06. The molecule has 1 aromatic heterocycles. The number of rotatable bonds is 6. The molecule has 2 heterocycles. The van der Waals surface area contributed by atoms with Crippen LogP contribution >= 0.6 is 0 Å². The molecule has 22 heavy (non-hydrogen) atoms. The maximum atomic E-state index is 11.9. The van der Waals surface area contributed by atoms with E-state index in [9.17, 15) is 4.79 Å². The van der Waals surface area contributed by atoms with E-state index in [1.54, 1.807) is 11.0 Å². The Morgan fingerprint density at radius 3 is 3.23 bits per heavy atom. The van der Waals surface area contributed by atoms with E-state index < -0.39 is 0 Å². The van der Waals surface area contributed by atoms with E-state index in [-0.39, 0.29) is 5.91 Å². The number of aryl methyl sites for hydroxylation is 2. The van der Waals surface area contributed by atoms with Gasteiger partial charge in [0.15, 0.2) is 0 Å². The molecule has 0 unspecified atom stereocenters. The fourth-order valence-electron chi connectivity index (χ4n) is 2.56. The number of fused-ring (bicyclic) bond motifs is 1. The highest BCUT2D eigenvalue weighted by molar-refractivity contribution is 5.75. The van der Waals surface area contributed by atoms with Crippen molar-refractivity contribution >= 4 is 5.91 Å². The van der Waals surface area contributed by atoms with Crippen LogP contribution in [0.25, 0.3) is 0 Å². The first-order valence-electron chi connectivity index (χ1n) is 7.65. The molecule has 3 rings (SSSR count). The van der Waals surface area contributed by atoms with E-state index in [0.29, 0.717) is 19.5 Å². The lowest BCUT2D eigenvalue weighted by atomic mass is 10.0. The van der Waals surface area contributed by atoms with Gasteiger partial charge in [-0.3, -0.25) is 9.48 Å². The Labute approximate surface area is 129 Å². The highest BCUT2D eigenvalue weighted by atomic mass is 16.5. The molecule has 116 valence electrons. The summed E-state index contributed by atoms with van der Waals surface area (Å²) >= 11 is 0. The molecule has 0 saturated heterocycles. The summed E-state index contributed by atoms with van der Waals surface area (Å²) in [5.41, 5.74) is 2.36. The van der Waals surface area contributed by atoms with Gasteiger partial charge in [0.2, 0.25) is 5.91 Å². The Bertz CT molecular complexity index is 625. The third-order valence-corrected chi connectivity index (χ3v) is 3.72. The summed E-state index contributed by atoms with van der Waals surface area (Å²) in [6, 6.07) is 6.14. The summed E-state index contributed by atoms with van der Waals surface area (Å²) in [6.07, 6.45) is 6.52. The molecule has 0 saturated carbocycles. The van der Waals surface area contributed by atoms with Crippen LogP contribution in [0.5, 0.6) is 5.75 Å². The number of hydrogen-bond donors (Lipinski definition) is 1. The predicted octanol–water partition coefficient (Wildman–Crippen LogP) is 1.70. The third-order valence-electron chi connectivity index (χ3n) is 3.72. The number of amides is 1. The van der Waals surface area contributed by atoms with Gasteiger partial charge >= 0.3 is 0 Å². The largest absolute Gasteiger partial charge is 0.493 e. The van der Waals surface area contributed by atoms with Crippen LogP contribution in [-0.4, -0.2) is 27.3 Å². The van der Waals surface area contributed by atoms with Gasteiger partial charge in [-0.15, -0.1) is 0 Å². The van der Waals surface area contributed by atoms with Gasteiger partial charge in [0, 0.05) is 19.5 Å². The first-order valence-corrected chi connectivity index (χ1v) is 7.65. The van der Waals surface area contributed by atoms with Crippen LogP contribution in [-0.2, 0) is 24.3 Å². The quantitative estimate of drug-likeness (QED) is 0.881. The molecule has 0 aliphatic carbocycles. The molecule has 1 aliphatic rings. The molecule has 0 atom stereocenters. The molecular formula is C16H20N4O2. The van der Waals surface area contributed by atoms with Crippen LogP contribution in [0.15, 0.2) is 30.9 Å². The number of carbonyl (C=O) groups is 1. The molecule has 6 heteroatoms. The van der Waals surface area contributed by atoms with Gasteiger partial charge in [-0.1, -0.05) is 12.1 Å².